The first-order valence-corrected chi connectivity index (χ1v) is 13.9. The smallest absolute Gasteiger partial charge is 0.330 e. The molecule has 1 aromatic rings. The Kier molecular flexibility index (Phi) is 13.6. The van der Waals surface area contributed by atoms with Gasteiger partial charge in [-0.3, -0.25) is 23.9 Å². The number of unbranched alkanes of at least 4 members (excludes halogenated alkanes) is 8. The number of rotatable bonds is 16. The number of nitrogens with one attached hydrogen (secondary N) is 1. The monoisotopic (exact) mass is 606 g/mol. The fraction of sp³-hybridized carbons (Fsp3) is 0.760. The van der Waals surface area contributed by atoms with Crippen molar-refractivity contribution in [3.05, 3.63) is 30.6 Å². The number of nitrogens with zero attached hydrogens (tertiary/aromatic N) is 1. The Morgan fingerprint density at radius 3 is 2.23 bits per heavy atom. The zero-order valence-corrected chi connectivity index (χ0v) is 23.0. The number of ether oxygens (including phenoxy) is 3. The first-order chi connectivity index (χ1) is 16.8. The average molecular weight is 606 g/mol. The molecule has 0 radical (unpaired) electrons. The van der Waals surface area contributed by atoms with Crippen LogP contribution < -0.4 is 11.2 Å². The molecule has 198 valence electrons. The summed E-state index contributed by atoms with van der Waals surface area (Å²) in [6.45, 7) is 4.22. The van der Waals surface area contributed by atoms with E-state index in [1.807, 2.05) is 22.6 Å². The maximum atomic E-state index is 12.4. The lowest BCUT2D eigenvalue weighted by Gasteiger charge is -2.19. The van der Waals surface area contributed by atoms with Crippen molar-refractivity contribution in [2.45, 2.75) is 116 Å². The topological polar surface area (TPSA) is 117 Å². The van der Waals surface area contributed by atoms with Gasteiger partial charge in [-0.15, -0.1) is 0 Å². The Balaban J connectivity index is 1.97. The van der Waals surface area contributed by atoms with Crippen molar-refractivity contribution in [3.63, 3.8) is 0 Å². The molecule has 1 saturated heterocycles. The molecule has 9 nitrogen and oxygen atoms in total. The predicted molar refractivity (Wildman–Crippen MR) is 140 cm³/mol. The highest BCUT2D eigenvalue weighted by atomic mass is 127. The molecule has 1 N–H and O–H groups in total. The van der Waals surface area contributed by atoms with E-state index < -0.39 is 29.7 Å². The van der Waals surface area contributed by atoms with Crippen molar-refractivity contribution in [1.29, 1.82) is 0 Å². The molecule has 1 fully saturated rings. The minimum Gasteiger partial charge on any atom is -0.463 e. The van der Waals surface area contributed by atoms with E-state index in [2.05, 4.69) is 18.8 Å². The standard InChI is InChI=1S/C25H39IN2O7/c1-3-5-7-9-11-13-22(29)33-17-20-19(35-23(30)14-12-10-8-6-4-2)15-21(34-20)28-16-18(26)24(31)27-25(28)32/h16,19-21H,3-15,17H2,1-2H3,(H,27,31,32)/t19?,20-,21-/m0/s1. The van der Waals surface area contributed by atoms with Gasteiger partial charge in [0.2, 0.25) is 0 Å². The number of aromatic amines is 1. The highest BCUT2D eigenvalue weighted by molar-refractivity contribution is 14.1. The minimum atomic E-state index is -0.743. The number of hydrogen-bond donors (Lipinski definition) is 1. The lowest BCUT2D eigenvalue weighted by molar-refractivity contribution is -0.158. The third-order valence-electron chi connectivity index (χ3n) is 6.08. The molecule has 1 aromatic heterocycles. The van der Waals surface area contributed by atoms with Gasteiger partial charge in [0, 0.05) is 25.5 Å². The third-order valence-corrected chi connectivity index (χ3v) is 6.84. The molecule has 0 bridgehead atoms. The summed E-state index contributed by atoms with van der Waals surface area (Å²) < 4.78 is 18.7. The summed E-state index contributed by atoms with van der Waals surface area (Å²) in [4.78, 5) is 51.0. The molecule has 10 heteroatoms. The third kappa shape index (κ3) is 10.4. The summed E-state index contributed by atoms with van der Waals surface area (Å²) in [5.41, 5.74) is -1.08. The van der Waals surface area contributed by atoms with Gasteiger partial charge >= 0.3 is 17.6 Å². The normalized spacial score (nSPS) is 19.6. The average Bonchev–Trinajstić information content (AvgIpc) is 3.21. The van der Waals surface area contributed by atoms with Crippen molar-refractivity contribution >= 4 is 34.5 Å². The summed E-state index contributed by atoms with van der Waals surface area (Å²) >= 11 is 1.84. The Hall–Kier alpha value is -1.69. The van der Waals surface area contributed by atoms with Crippen LogP contribution in [0.1, 0.15) is 104 Å². The van der Waals surface area contributed by atoms with Crippen LogP contribution in [-0.2, 0) is 23.8 Å². The van der Waals surface area contributed by atoms with Crippen molar-refractivity contribution in [1.82, 2.24) is 9.55 Å². The fourth-order valence-corrected chi connectivity index (χ4v) is 4.48. The number of halogens is 1. The van der Waals surface area contributed by atoms with Gasteiger partial charge in [-0.2, -0.15) is 0 Å². The van der Waals surface area contributed by atoms with Crippen LogP contribution in [-0.4, -0.2) is 40.3 Å². The van der Waals surface area contributed by atoms with Crippen LogP contribution in [0.2, 0.25) is 0 Å². The number of carbonyl (C=O) groups excluding carboxylic acids is 2. The minimum absolute atomic E-state index is 0.0616. The molecule has 2 heterocycles. The van der Waals surface area contributed by atoms with Gasteiger partial charge in [-0.25, -0.2) is 4.79 Å². The van der Waals surface area contributed by atoms with Crippen molar-refractivity contribution in [2.75, 3.05) is 6.61 Å². The van der Waals surface area contributed by atoms with Gasteiger partial charge in [-0.05, 0) is 35.4 Å². The van der Waals surface area contributed by atoms with Crippen LogP contribution >= 0.6 is 22.6 Å². The quantitative estimate of drug-likeness (QED) is 0.166. The molecular formula is C25H39IN2O7. The van der Waals surface area contributed by atoms with Crippen LogP contribution in [0.5, 0.6) is 0 Å². The van der Waals surface area contributed by atoms with Gasteiger partial charge in [0.25, 0.3) is 5.56 Å². The maximum Gasteiger partial charge on any atom is 0.330 e. The SMILES string of the molecule is CCCCCCCC(=O)OC[C@@H]1O[C@H](n2cc(I)c(=O)[nH]c2=O)CC1OC(=O)CCCCCCC. The molecule has 0 amide bonds. The molecule has 0 aromatic carbocycles. The molecule has 0 aliphatic carbocycles. The molecule has 1 aliphatic heterocycles. The maximum absolute atomic E-state index is 12.4. The first-order valence-electron chi connectivity index (χ1n) is 12.9. The lowest BCUT2D eigenvalue weighted by Crippen LogP contribution is -2.34. The molecule has 1 aliphatic rings. The number of esters is 2. The van der Waals surface area contributed by atoms with Gasteiger partial charge in [-0.1, -0.05) is 65.2 Å². The number of hydrogen-bond acceptors (Lipinski definition) is 7. The van der Waals surface area contributed by atoms with E-state index in [-0.39, 0.29) is 25.0 Å². The molecule has 35 heavy (non-hydrogen) atoms. The predicted octanol–water partition coefficient (Wildman–Crippen LogP) is 4.60. The van der Waals surface area contributed by atoms with Crippen LogP contribution in [0.4, 0.5) is 0 Å². The first kappa shape index (κ1) is 29.5. The number of carbonyl (C=O) groups is 2. The number of aromatic nitrogens is 2. The van der Waals surface area contributed by atoms with E-state index in [1.165, 1.54) is 10.8 Å². The van der Waals surface area contributed by atoms with E-state index in [9.17, 15) is 19.2 Å². The summed E-state index contributed by atoms with van der Waals surface area (Å²) in [7, 11) is 0. The molecule has 0 spiro atoms. The zero-order valence-electron chi connectivity index (χ0n) is 20.9. The lowest BCUT2D eigenvalue weighted by atomic mass is 10.1. The Labute approximate surface area is 220 Å². The largest absolute Gasteiger partial charge is 0.463 e. The molecule has 0 saturated carbocycles. The summed E-state index contributed by atoms with van der Waals surface area (Å²) in [5, 5.41) is 0. The van der Waals surface area contributed by atoms with E-state index in [0.29, 0.717) is 16.4 Å². The van der Waals surface area contributed by atoms with Gasteiger partial charge in [0.05, 0.1) is 3.57 Å². The summed E-state index contributed by atoms with van der Waals surface area (Å²) in [5.74, 6) is -0.642. The Morgan fingerprint density at radius 2 is 1.60 bits per heavy atom. The van der Waals surface area contributed by atoms with Gasteiger partial charge in [0.15, 0.2) is 0 Å². The molecule has 2 rings (SSSR count). The Morgan fingerprint density at radius 1 is 1.00 bits per heavy atom. The second-order valence-corrected chi connectivity index (χ2v) is 10.2. The van der Waals surface area contributed by atoms with Crippen molar-refractivity contribution < 1.29 is 23.8 Å². The highest BCUT2D eigenvalue weighted by Gasteiger charge is 2.40. The summed E-state index contributed by atoms with van der Waals surface area (Å²) in [6, 6.07) is 0. The van der Waals surface area contributed by atoms with Crippen molar-refractivity contribution in [2.24, 2.45) is 0 Å². The fourth-order valence-electron chi connectivity index (χ4n) is 4.04. The Bertz CT molecular complexity index is 914. The number of H-pyrrole nitrogens is 1. The second kappa shape index (κ2) is 16.1. The zero-order chi connectivity index (χ0) is 25.6. The molecule has 1 unspecified atom stereocenters. The highest BCUT2D eigenvalue weighted by Crippen LogP contribution is 2.31. The summed E-state index contributed by atoms with van der Waals surface area (Å²) in [6.07, 6.45) is 10.4. The van der Waals surface area contributed by atoms with Gasteiger partial charge < -0.3 is 14.2 Å². The van der Waals surface area contributed by atoms with E-state index >= 15 is 0 Å². The second-order valence-electron chi connectivity index (χ2n) is 9.05. The molecule has 3 atom stereocenters. The van der Waals surface area contributed by atoms with Crippen LogP contribution in [0.25, 0.3) is 0 Å². The van der Waals surface area contributed by atoms with Gasteiger partial charge in [0.1, 0.15) is 25.0 Å². The van der Waals surface area contributed by atoms with Crippen LogP contribution in [0.3, 0.4) is 0 Å². The van der Waals surface area contributed by atoms with Crippen LogP contribution in [0.15, 0.2) is 15.8 Å². The van der Waals surface area contributed by atoms with Crippen molar-refractivity contribution in [3.8, 4) is 0 Å². The van der Waals surface area contributed by atoms with Crippen LogP contribution in [0, 0.1) is 3.57 Å². The van der Waals surface area contributed by atoms with E-state index in [0.717, 1.165) is 64.2 Å². The van der Waals surface area contributed by atoms with E-state index in [1.54, 1.807) is 0 Å². The van der Waals surface area contributed by atoms with E-state index in [4.69, 9.17) is 14.2 Å². The molecular weight excluding hydrogens is 567 g/mol.